The minimum atomic E-state index is 0.0993. The van der Waals surface area contributed by atoms with Gasteiger partial charge >= 0.3 is 0 Å². The van der Waals surface area contributed by atoms with Gasteiger partial charge in [0.25, 0.3) is 0 Å². The Labute approximate surface area is 65.9 Å². The molecule has 1 heterocycles. The topological polar surface area (TPSA) is 36.7 Å². The van der Waals surface area contributed by atoms with Gasteiger partial charge in [-0.2, -0.15) is 0 Å². The molecule has 3 nitrogen and oxygen atoms in total. The van der Waals surface area contributed by atoms with E-state index in [2.05, 4.69) is 0 Å². The molecular weight excluding hydrogens is 142 g/mol. The molecule has 11 heavy (non-hydrogen) atoms. The van der Waals surface area contributed by atoms with Gasteiger partial charge in [-0.1, -0.05) is 0 Å². The smallest absolute Gasteiger partial charge is 0.125 e. The highest BCUT2D eigenvalue weighted by molar-refractivity contribution is 4.97. The molecule has 62 valence electrons. The number of rotatable bonds is 0. The molecule has 0 aromatic rings. The molecule has 0 spiro atoms. The summed E-state index contributed by atoms with van der Waals surface area (Å²) in [6, 6.07) is 0.314. The summed E-state index contributed by atoms with van der Waals surface area (Å²) in [6.45, 7) is 0.727. The Balaban J connectivity index is 1.91. The van der Waals surface area contributed by atoms with E-state index >= 15 is 0 Å². The average molecular weight is 155 g/mol. The molecule has 5 atom stereocenters. The first-order chi connectivity index (χ1) is 5.36. The first kappa shape index (κ1) is 6.40. The van der Waals surface area contributed by atoms with E-state index in [1.807, 2.05) is 0 Å². The number of quaternary nitrogens is 1. The third-order valence-electron chi connectivity index (χ3n) is 3.78. The number of fused-ring (bicyclic) bond motifs is 5. The number of hydroxylamine groups is 2. The zero-order valence-corrected chi connectivity index (χ0v) is 6.45. The van der Waals surface area contributed by atoms with Gasteiger partial charge in [-0.15, -0.1) is 0 Å². The molecule has 3 aliphatic rings. The molecule has 0 amide bonds. The minimum absolute atomic E-state index is 0.0993. The molecule has 0 radical (unpaired) electrons. The second-order valence-electron chi connectivity index (χ2n) is 4.15. The van der Waals surface area contributed by atoms with Crippen molar-refractivity contribution in [3.8, 4) is 0 Å². The van der Waals surface area contributed by atoms with Gasteiger partial charge in [0.2, 0.25) is 0 Å². The Bertz CT molecular complexity index is 185. The van der Waals surface area contributed by atoms with Crippen molar-refractivity contribution < 1.29 is 10.1 Å². The summed E-state index contributed by atoms with van der Waals surface area (Å²) >= 11 is 0. The van der Waals surface area contributed by atoms with Crippen LogP contribution in [0, 0.1) is 23.0 Å². The van der Waals surface area contributed by atoms with Crippen molar-refractivity contribution in [3.05, 3.63) is 5.21 Å². The van der Waals surface area contributed by atoms with Crippen molar-refractivity contribution in [2.75, 3.05) is 6.61 Å². The normalized spacial score (nSPS) is 60.3. The Kier molecular flexibility index (Phi) is 1.15. The van der Waals surface area contributed by atoms with Gasteiger partial charge in [-0.05, 0) is 25.2 Å². The van der Waals surface area contributed by atoms with E-state index in [9.17, 15) is 5.21 Å². The SMILES string of the molecule is [O-][NH+]1OCC2C3CCC(C3)C21. The first-order valence-corrected chi connectivity index (χ1v) is 4.53. The predicted molar refractivity (Wildman–Crippen MR) is 38.4 cm³/mol. The maximum Gasteiger partial charge on any atom is 0.125 e. The molecule has 3 rings (SSSR count). The zero-order valence-electron chi connectivity index (χ0n) is 6.45. The maximum absolute atomic E-state index is 11.2. The highest BCUT2D eigenvalue weighted by Gasteiger charge is 2.55. The van der Waals surface area contributed by atoms with Crippen molar-refractivity contribution in [2.45, 2.75) is 25.3 Å². The van der Waals surface area contributed by atoms with Crippen molar-refractivity contribution in [1.82, 2.24) is 0 Å². The van der Waals surface area contributed by atoms with Crippen molar-refractivity contribution in [3.63, 3.8) is 0 Å². The summed E-state index contributed by atoms with van der Waals surface area (Å²) < 4.78 is 0. The molecule has 1 N–H and O–H groups in total. The third-order valence-corrected chi connectivity index (χ3v) is 3.78. The van der Waals surface area contributed by atoms with E-state index in [0.29, 0.717) is 17.9 Å². The van der Waals surface area contributed by atoms with Crippen LogP contribution in [0.15, 0.2) is 0 Å². The van der Waals surface area contributed by atoms with Gasteiger partial charge in [-0.25, -0.2) is 10.1 Å². The van der Waals surface area contributed by atoms with Gasteiger partial charge < -0.3 is 5.21 Å². The van der Waals surface area contributed by atoms with E-state index in [1.54, 1.807) is 0 Å². The van der Waals surface area contributed by atoms with E-state index in [1.165, 1.54) is 19.3 Å². The summed E-state index contributed by atoms with van der Waals surface area (Å²) in [5.41, 5.74) is 0. The van der Waals surface area contributed by atoms with E-state index < -0.39 is 0 Å². The molecule has 3 fully saturated rings. The second kappa shape index (κ2) is 1.97. The zero-order chi connectivity index (χ0) is 7.42. The lowest BCUT2D eigenvalue weighted by atomic mass is 9.86. The van der Waals surface area contributed by atoms with Gasteiger partial charge in [0.05, 0.1) is 0 Å². The van der Waals surface area contributed by atoms with E-state index in [4.69, 9.17) is 4.84 Å². The Morgan fingerprint density at radius 3 is 2.91 bits per heavy atom. The summed E-state index contributed by atoms with van der Waals surface area (Å²) in [6.07, 6.45) is 3.94. The molecule has 1 saturated heterocycles. The Hall–Kier alpha value is -0.120. The molecule has 1 aliphatic heterocycles. The largest absolute Gasteiger partial charge is 0.600 e. The predicted octanol–water partition coefficient (Wildman–Crippen LogP) is -0.271. The van der Waals surface area contributed by atoms with Crippen LogP contribution in [0.25, 0.3) is 0 Å². The monoisotopic (exact) mass is 155 g/mol. The fourth-order valence-electron chi connectivity index (χ4n) is 3.29. The van der Waals surface area contributed by atoms with Crippen LogP contribution < -0.4 is 5.23 Å². The quantitative estimate of drug-likeness (QED) is 0.489. The van der Waals surface area contributed by atoms with Gasteiger partial charge in [-0.3, -0.25) is 0 Å². The highest BCUT2D eigenvalue weighted by Crippen LogP contribution is 2.48. The fourth-order valence-corrected chi connectivity index (χ4v) is 3.29. The molecule has 2 aliphatic carbocycles. The van der Waals surface area contributed by atoms with Gasteiger partial charge in [0, 0.05) is 11.8 Å². The van der Waals surface area contributed by atoms with Gasteiger partial charge in [0.1, 0.15) is 12.6 Å². The lowest BCUT2D eigenvalue weighted by Gasteiger charge is -2.26. The standard InChI is InChI=1S/C8H13NO2/c10-9-8-6-2-1-5(3-6)7(8)4-11-9/h5-9H,1-4H2. The minimum Gasteiger partial charge on any atom is -0.600 e. The van der Waals surface area contributed by atoms with E-state index in [0.717, 1.165) is 12.5 Å². The number of hydrogen-bond donors (Lipinski definition) is 1. The van der Waals surface area contributed by atoms with Crippen LogP contribution in [-0.2, 0) is 4.84 Å². The van der Waals surface area contributed by atoms with Crippen molar-refractivity contribution in [2.24, 2.45) is 17.8 Å². The summed E-state index contributed by atoms with van der Waals surface area (Å²) in [4.78, 5) is 5.06. The van der Waals surface area contributed by atoms with Crippen LogP contribution in [0.2, 0.25) is 0 Å². The summed E-state index contributed by atoms with van der Waals surface area (Å²) in [7, 11) is 0. The summed E-state index contributed by atoms with van der Waals surface area (Å²) in [5.74, 6) is 2.14. The van der Waals surface area contributed by atoms with Crippen LogP contribution in [0.3, 0.4) is 0 Å². The number of hydrogen-bond acceptors (Lipinski definition) is 2. The van der Waals surface area contributed by atoms with Crippen LogP contribution in [0.5, 0.6) is 0 Å². The maximum atomic E-state index is 11.2. The second-order valence-corrected chi connectivity index (χ2v) is 4.15. The molecule has 0 aromatic carbocycles. The van der Waals surface area contributed by atoms with Crippen LogP contribution in [0.4, 0.5) is 0 Å². The average Bonchev–Trinajstić information content (AvgIpc) is 2.60. The number of nitrogens with one attached hydrogen (secondary N) is 1. The Morgan fingerprint density at radius 1 is 1.27 bits per heavy atom. The van der Waals surface area contributed by atoms with Crippen LogP contribution in [0.1, 0.15) is 19.3 Å². The van der Waals surface area contributed by atoms with E-state index in [-0.39, 0.29) is 5.23 Å². The first-order valence-electron chi connectivity index (χ1n) is 4.53. The lowest BCUT2D eigenvalue weighted by Crippen LogP contribution is -3.09. The molecule has 2 bridgehead atoms. The fraction of sp³-hybridized carbons (Fsp3) is 1.00. The molecule has 5 unspecified atom stereocenters. The molecule has 3 heteroatoms. The van der Waals surface area contributed by atoms with Crippen LogP contribution in [-0.4, -0.2) is 12.6 Å². The molecule has 0 aromatic heterocycles. The lowest BCUT2D eigenvalue weighted by molar-refractivity contribution is -1.06. The van der Waals surface area contributed by atoms with Crippen molar-refractivity contribution >= 4 is 0 Å². The summed E-state index contributed by atoms with van der Waals surface area (Å²) in [5, 5.41) is 11.3. The molecular formula is C8H13NO2. The third kappa shape index (κ3) is 0.687. The van der Waals surface area contributed by atoms with Crippen LogP contribution >= 0.6 is 0 Å². The highest BCUT2D eigenvalue weighted by atomic mass is 16.9. The Morgan fingerprint density at radius 2 is 2.09 bits per heavy atom. The van der Waals surface area contributed by atoms with Gasteiger partial charge in [0.15, 0.2) is 0 Å². The molecule has 2 saturated carbocycles. The van der Waals surface area contributed by atoms with Crippen molar-refractivity contribution in [1.29, 1.82) is 0 Å².